The molecule has 0 saturated heterocycles. The molecule has 0 saturated carbocycles. The summed E-state index contributed by atoms with van der Waals surface area (Å²) in [4.78, 5) is 17.3. The molecule has 1 heterocycles. The number of benzene rings is 1. The summed E-state index contributed by atoms with van der Waals surface area (Å²) in [5.41, 5.74) is 1.25. The Morgan fingerprint density at radius 3 is 2.59 bits per heavy atom. The van der Waals surface area contributed by atoms with E-state index in [9.17, 15) is 10.1 Å². The van der Waals surface area contributed by atoms with Crippen molar-refractivity contribution in [3.8, 4) is 0 Å². The second kappa shape index (κ2) is 5.25. The van der Waals surface area contributed by atoms with Crippen molar-refractivity contribution in [1.29, 1.82) is 0 Å². The number of aryl methyl sites for hydroxylation is 2. The molecule has 1 aromatic carbocycles. The van der Waals surface area contributed by atoms with E-state index in [1.807, 2.05) is 0 Å². The first-order valence-electron chi connectivity index (χ1n) is 5.47. The summed E-state index contributed by atoms with van der Waals surface area (Å²) >= 11 is 0. The highest BCUT2D eigenvalue weighted by Gasteiger charge is 2.03. The Balaban J connectivity index is 1.85. The Morgan fingerprint density at radius 1 is 1.24 bits per heavy atom. The molecule has 1 N–H and O–H groups in total. The van der Waals surface area contributed by atoms with Crippen molar-refractivity contribution in [3.05, 3.63) is 58.2 Å². The van der Waals surface area contributed by atoms with Crippen LogP contribution >= 0.6 is 0 Å². The Bertz CT molecular complexity index is 477. The van der Waals surface area contributed by atoms with Crippen LogP contribution < -0.4 is 0 Å². The standard InChI is InChI=1S/C12H13N3O2/c16-15(17)11-6-4-10(5-7-11)2-1-3-12-13-8-9-14-12/h4-9H,1-3H2,(H,13,14). The lowest BCUT2D eigenvalue weighted by Gasteiger charge is -2.00. The van der Waals surface area contributed by atoms with E-state index in [0.29, 0.717) is 0 Å². The number of aromatic nitrogens is 2. The van der Waals surface area contributed by atoms with Gasteiger partial charge in [-0.2, -0.15) is 0 Å². The normalized spacial score (nSPS) is 10.4. The monoisotopic (exact) mass is 231 g/mol. The van der Waals surface area contributed by atoms with E-state index in [4.69, 9.17) is 0 Å². The van der Waals surface area contributed by atoms with Gasteiger partial charge < -0.3 is 4.98 Å². The first kappa shape index (κ1) is 11.3. The molecule has 0 aliphatic rings. The molecule has 0 aliphatic carbocycles. The van der Waals surface area contributed by atoms with E-state index in [-0.39, 0.29) is 10.6 Å². The van der Waals surface area contributed by atoms with Gasteiger partial charge in [0.15, 0.2) is 0 Å². The van der Waals surface area contributed by atoms with Gasteiger partial charge in [-0.05, 0) is 18.4 Å². The van der Waals surface area contributed by atoms with Crippen LogP contribution in [0.2, 0.25) is 0 Å². The van der Waals surface area contributed by atoms with Crippen LogP contribution in [0.4, 0.5) is 5.69 Å². The number of imidazole rings is 1. The molecular formula is C12H13N3O2. The van der Waals surface area contributed by atoms with E-state index >= 15 is 0 Å². The third-order valence-electron chi connectivity index (χ3n) is 2.58. The van der Waals surface area contributed by atoms with Gasteiger partial charge in [0, 0.05) is 30.9 Å². The fraction of sp³-hybridized carbons (Fsp3) is 0.250. The van der Waals surface area contributed by atoms with Gasteiger partial charge in [0.2, 0.25) is 0 Å². The predicted octanol–water partition coefficient (Wildman–Crippen LogP) is 2.49. The first-order chi connectivity index (χ1) is 8.25. The number of nitro benzene ring substituents is 1. The topological polar surface area (TPSA) is 71.8 Å². The van der Waals surface area contributed by atoms with Gasteiger partial charge in [0.1, 0.15) is 5.82 Å². The lowest BCUT2D eigenvalue weighted by Crippen LogP contribution is -1.93. The number of rotatable bonds is 5. The summed E-state index contributed by atoms with van der Waals surface area (Å²) in [6, 6.07) is 6.70. The number of hydrogen-bond acceptors (Lipinski definition) is 3. The number of H-pyrrole nitrogens is 1. The van der Waals surface area contributed by atoms with Crippen molar-refractivity contribution in [2.24, 2.45) is 0 Å². The molecule has 17 heavy (non-hydrogen) atoms. The van der Waals surface area contributed by atoms with E-state index in [1.54, 1.807) is 36.7 Å². The minimum absolute atomic E-state index is 0.139. The lowest BCUT2D eigenvalue weighted by molar-refractivity contribution is -0.384. The number of hydrogen-bond donors (Lipinski definition) is 1. The molecule has 0 radical (unpaired) electrons. The van der Waals surface area contributed by atoms with Crippen LogP contribution in [-0.4, -0.2) is 14.9 Å². The van der Waals surface area contributed by atoms with Crippen LogP contribution in [0.3, 0.4) is 0 Å². The molecule has 0 fully saturated rings. The molecule has 2 rings (SSSR count). The first-order valence-corrected chi connectivity index (χ1v) is 5.47. The fourth-order valence-corrected chi connectivity index (χ4v) is 1.68. The van der Waals surface area contributed by atoms with Gasteiger partial charge >= 0.3 is 0 Å². The molecule has 88 valence electrons. The minimum atomic E-state index is -0.382. The summed E-state index contributed by atoms with van der Waals surface area (Å²) in [6.07, 6.45) is 6.32. The maximum atomic E-state index is 10.5. The number of nitrogens with one attached hydrogen (secondary N) is 1. The van der Waals surface area contributed by atoms with E-state index in [1.165, 1.54) is 0 Å². The highest BCUT2D eigenvalue weighted by molar-refractivity contribution is 5.32. The largest absolute Gasteiger partial charge is 0.349 e. The molecule has 0 unspecified atom stereocenters. The highest BCUT2D eigenvalue weighted by Crippen LogP contribution is 2.13. The number of aromatic amines is 1. The fourth-order valence-electron chi connectivity index (χ4n) is 1.68. The molecule has 5 heteroatoms. The van der Waals surface area contributed by atoms with E-state index < -0.39 is 0 Å². The van der Waals surface area contributed by atoms with Crippen LogP contribution in [0.25, 0.3) is 0 Å². The highest BCUT2D eigenvalue weighted by atomic mass is 16.6. The van der Waals surface area contributed by atoms with Crippen LogP contribution in [0, 0.1) is 10.1 Å². The predicted molar refractivity (Wildman–Crippen MR) is 63.7 cm³/mol. The van der Waals surface area contributed by atoms with Crippen molar-refractivity contribution in [1.82, 2.24) is 9.97 Å². The summed E-state index contributed by atoms with van der Waals surface area (Å²) in [5, 5.41) is 10.5. The van der Waals surface area contributed by atoms with Gasteiger partial charge in [-0.15, -0.1) is 0 Å². The van der Waals surface area contributed by atoms with Gasteiger partial charge in [-0.3, -0.25) is 10.1 Å². The summed E-state index contributed by atoms with van der Waals surface area (Å²) in [7, 11) is 0. The van der Waals surface area contributed by atoms with E-state index in [0.717, 1.165) is 30.7 Å². The summed E-state index contributed by atoms with van der Waals surface area (Å²) in [6.45, 7) is 0. The SMILES string of the molecule is O=[N+]([O-])c1ccc(CCCc2ncc[nH]2)cc1. The van der Waals surface area contributed by atoms with Crippen LogP contribution in [0.5, 0.6) is 0 Å². The zero-order chi connectivity index (χ0) is 12.1. The smallest absolute Gasteiger partial charge is 0.269 e. The molecule has 5 nitrogen and oxygen atoms in total. The molecule has 0 aliphatic heterocycles. The summed E-state index contributed by atoms with van der Waals surface area (Å²) in [5.74, 6) is 0.979. The Hall–Kier alpha value is -2.17. The molecular weight excluding hydrogens is 218 g/mol. The second-order valence-corrected chi connectivity index (χ2v) is 3.81. The molecule has 2 aromatic rings. The average Bonchev–Trinajstić information content (AvgIpc) is 2.83. The second-order valence-electron chi connectivity index (χ2n) is 3.81. The molecule has 1 aromatic heterocycles. The van der Waals surface area contributed by atoms with Gasteiger partial charge in [-0.25, -0.2) is 4.98 Å². The minimum Gasteiger partial charge on any atom is -0.349 e. The van der Waals surface area contributed by atoms with Crippen LogP contribution in [0.15, 0.2) is 36.7 Å². The third kappa shape index (κ3) is 3.14. The average molecular weight is 231 g/mol. The Labute approximate surface area is 98.7 Å². The van der Waals surface area contributed by atoms with E-state index in [2.05, 4.69) is 9.97 Å². The third-order valence-corrected chi connectivity index (χ3v) is 2.58. The van der Waals surface area contributed by atoms with Gasteiger partial charge in [0.05, 0.1) is 4.92 Å². The molecule has 0 spiro atoms. The van der Waals surface area contributed by atoms with Crippen molar-refractivity contribution in [2.75, 3.05) is 0 Å². The Kier molecular flexibility index (Phi) is 3.49. The molecule has 0 amide bonds. The Morgan fingerprint density at radius 2 is 2.00 bits per heavy atom. The van der Waals surface area contributed by atoms with Gasteiger partial charge in [0.25, 0.3) is 5.69 Å². The maximum absolute atomic E-state index is 10.5. The zero-order valence-corrected chi connectivity index (χ0v) is 9.30. The maximum Gasteiger partial charge on any atom is 0.269 e. The van der Waals surface area contributed by atoms with Crippen molar-refractivity contribution < 1.29 is 4.92 Å². The zero-order valence-electron chi connectivity index (χ0n) is 9.30. The molecule has 0 atom stereocenters. The number of nitrogens with zero attached hydrogens (tertiary/aromatic N) is 2. The number of nitro groups is 1. The summed E-state index contributed by atoms with van der Waals surface area (Å²) < 4.78 is 0. The van der Waals surface area contributed by atoms with Crippen LogP contribution in [0.1, 0.15) is 17.8 Å². The van der Waals surface area contributed by atoms with Crippen molar-refractivity contribution in [2.45, 2.75) is 19.3 Å². The quantitative estimate of drug-likeness (QED) is 0.634. The van der Waals surface area contributed by atoms with Crippen molar-refractivity contribution >= 4 is 5.69 Å². The van der Waals surface area contributed by atoms with Gasteiger partial charge in [-0.1, -0.05) is 12.1 Å². The van der Waals surface area contributed by atoms with Crippen LogP contribution in [-0.2, 0) is 12.8 Å². The van der Waals surface area contributed by atoms with Crippen molar-refractivity contribution in [3.63, 3.8) is 0 Å². The molecule has 0 bridgehead atoms. The lowest BCUT2D eigenvalue weighted by atomic mass is 10.1. The number of non-ortho nitro benzene ring substituents is 1.